The average Bonchev–Trinajstić information content (AvgIpc) is 2.92. The van der Waals surface area contributed by atoms with E-state index in [4.69, 9.17) is 4.79 Å². The lowest BCUT2D eigenvalue weighted by atomic mass is 9.40. The number of Topliss-reactive ketones (excluding diaryl/α,β-unsaturated/α-hetero) is 1. The fraction of sp³-hybridized carbons (Fsp3) is 0.765. The van der Waals surface area contributed by atoms with Crippen molar-refractivity contribution in [3.63, 3.8) is 0 Å². The molecule has 0 N–H and O–H groups in total. The first-order valence-corrected chi connectivity index (χ1v) is 15.2. The summed E-state index contributed by atoms with van der Waals surface area (Å²) in [4.78, 5) is 35.2. The summed E-state index contributed by atoms with van der Waals surface area (Å²) in [6, 6.07) is 2.14. The van der Waals surface area contributed by atoms with Crippen LogP contribution in [0.1, 0.15) is 114 Å². The van der Waals surface area contributed by atoms with Crippen molar-refractivity contribution in [2.24, 2.45) is 45.3 Å². The number of fused-ring (bicyclic) bond motifs is 7. The molecule has 5 nitrogen and oxygen atoms in total. The van der Waals surface area contributed by atoms with Crippen LogP contribution in [0.3, 0.4) is 0 Å². The highest BCUT2D eigenvalue weighted by Crippen LogP contribution is 2.68. The van der Waals surface area contributed by atoms with Crippen LogP contribution in [0.2, 0.25) is 0 Å². The van der Waals surface area contributed by atoms with Gasteiger partial charge in [-0.15, -0.1) is 0 Å². The van der Waals surface area contributed by atoms with Gasteiger partial charge in [0.2, 0.25) is 0 Å². The summed E-state index contributed by atoms with van der Waals surface area (Å²) in [5, 5.41) is 9.55. The van der Waals surface area contributed by atoms with E-state index in [1.807, 2.05) is 39.8 Å². The number of hydrogen-bond donors (Lipinski definition) is 0. The summed E-state index contributed by atoms with van der Waals surface area (Å²) < 4.78 is 3.86. The number of carbonyl (C=O) groups is 3. The molecule has 3 saturated carbocycles. The molecule has 218 valence electrons. The molecule has 0 heterocycles. The Labute approximate surface area is 237 Å². The highest BCUT2D eigenvalue weighted by Gasteiger charge is 2.62. The maximum absolute atomic E-state index is 13.8. The molecule has 0 saturated heterocycles. The molecule has 0 aromatic carbocycles. The van der Waals surface area contributed by atoms with Crippen LogP contribution >= 0.6 is 0 Å². The smallest absolute Gasteiger partial charge is 0.292 e. The Bertz CT molecular complexity index is 1030. The number of carbonyl (C=O) groups excluding carboxylic acids is 3. The third-order valence-electron chi connectivity index (χ3n) is 10.8. The van der Waals surface area contributed by atoms with E-state index in [2.05, 4.69) is 45.4 Å². The molecule has 0 aromatic rings. The number of hydrogen-bond acceptors (Lipinski definition) is 5. The van der Waals surface area contributed by atoms with Gasteiger partial charge in [-0.2, -0.15) is 5.26 Å². The molecular weight excluding hydrogens is 486 g/mol. The van der Waals surface area contributed by atoms with Gasteiger partial charge in [0.15, 0.2) is 11.6 Å². The predicted octanol–water partition coefficient (Wildman–Crippen LogP) is 8.04. The van der Waals surface area contributed by atoms with Gasteiger partial charge in [0, 0.05) is 17.8 Å². The first-order valence-electron chi connectivity index (χ1n) is 15.2. The number of methoxy groups -OCH3 is 1. The SMILES string of the molecule is CC.CC.CC1(C)CCC2(C)CCC3C(C(=O)C=C4C5(C)C=C(C#N)C(=O)CC5CCC43C)C2C1.COC=O. The Morgan fingerprint density at radius 3 is 2.13 bits per heavy atom. The van der Waals surface area contributed by atoms with Crippen LogP contribution < -0.4 is 0 Å². The molecule has 5 aliphatic rings. The zero-order valence-electron chi connectivity index (χ0n) is 26.3. The van der Waals surface area contributed by atoms with Gasteiger partial charge in [0.05, 0.1) is 12.7 Å². The Hall–Kier alpha value is -2.22. The van der Waals surface area contributed by atoms with Gasteiger partial charge < -0.3 is 4.74 Å². The highest BCUT2D eigenvalue weighted by atomic mass is 16.5. The van der Waals surface area contributed by atoms with Crippen LogP contribution in [0.4, 0.5) is 0 Å². The van der Waals surface area contributed by atoms with Gasteiger partial charge >= 0.3 is 0 Å². The van der Waals surface area contributed by atoms with Gasteiger partial charge in [-0.25, -0.2) is 0 Å². The summed E-state index contributed by atoms with van der Waals surface area (Å²) in [5.74, 6) is 1.52. The Kier molecular flexibility index (Phi) is 10.6. The predicted molar refractivity (Wildman–Crippen MR) is 157 cm³/mol. The third-order valence-corrected chi connectivity index (χ3v) is 10.8. The summed E-state index contributed by atoms with van der Waals surface area (Å²) >= 11 is 0. The van der Waals surface area contributed by atoms with Crippen molar-refractivity contribution < 1.29 is 19.1 Å². The van der Waals surface area contributed by atoms with E-state index in [1.165, 1.54) is 31.9 Å². The molecule has 0 radical (unpaired) electrons. The highest BCUT2D eigenvalue weighted by molar-refractivity contribution is 6.01. The van der Waals surface area contributed by atoms with E-state index in [-0.39, 0.29) is 28.4 Å². The molecule has 7 unspecified atom stereocenters. The van der Waals surface area contributed by atoms with Crippen molar-refractivity contribution in [1.82, 2.24) is 0 Å². The number of nitrogens with zero attached hydrogens (tertiary/aromatic N) is 1. The summed E-state index contributed by atoms with van der Waals surface area (Å²) in [7, 11) is 1.31. The second-order valence-corrected chi connectivity index (χ2v) is 13.3. The van der Waals surface area contributed by atoms with Gasteiger partial charge in [-0.05, 0) is 85.0 Å². The number of nitriles is 1. The van der Waals surface area contributed by atoms with E-state index in [0.29, 0.717) is 46.9 Å². The van der Waals surface area contributed by atoms with Crippen LogP contribution in [0, 0.1) is 56.7 Å². The number of ether oxygens (including phenoxy) is 1. The maximum Gasteiger partial charge on any atom is 0.292 e. The standard InChI is InChI=1S/C28H37NO2.C2H4O2.2C2H6/c1-25(2)10-11-26(3)8-7-19-24(20(26)15-25)22(31)13-23-27(19,4)9-6-18-12-21(30)17(16-29)14-28(18,23)5;1-4-2-3;2*1-2/h13-14,18-20,24H,6-12,15H2,1-5H3;2H,1H3;2*1-2H3. The molecule has 5 aliphatic carbocycles. The lowest BCUT2D eigenvalue weighted by Gasteiger charge is -2.63. The molecule has 0 spiro atoms. The van der Waals surface area contributed by atoms with Crippen molar-refractivity contribution in [1.29, 1.82) is 5.26 Å². The fourth-order valence-electron chi connectivity index (χ4n) is 8.69. The van der Waals surface area contributed by atoms with Crippen molar-refractivity contribution >= 4 is 18.0 Å². The van der Waals surface area contributed by atoms with E-state index in [9.17, 15) is 14.9 Å². The first-order chi connectivity index (χ1) is 18.3. The molecule has 3 fully saturated rings. The summed E-state index contributed by atoms with van der Waals surface area (Å²) in [6.07, 6.45) is 12.5. The monoisotopic (exact) mass is 539 g/mol. The largest absolute Gasteiger partial charge is 0.471 e. The Morgan fingerprint density at radius 1 is 0.949 bits per heavy atom. The number of rotatable bonds is 1. The van der Waals surface area contributed by atoms with Crippen LogP contribution in [0.5, 0.6) is 0 Å². The van der Waals surface area contributed by atoms with Crippen LogP contribution in [-0.4, -0.2) is 25.1 Å². The van der Waals surface area contributed by atoms with Crippen LogP contribution in [0.25, 0.3) is 0 Å². The molecule has 0 amide bonds. The Balaban J connectivity index is 0.000000602. The van der Waals surface area contributed by atoms with Crippen molar-refractivity contribution in [3.05, 3.63) is 23.3 Å². The zero-order chi connectivity index (χ0) is 29.8. The summed E-state index contributed by atoms with van der Waals surface area (Å²) in [5.41, 5.74) is 1.77. The van der Waals surface area contributed by atoms with Gasteiger partial charge in [-0.3, -0.25) is 14.4 Å². The van der Waals surface area contributed by atoms with Gasteiger partial charge in [0.1, 0.15) is 6.07 Å². The lowest BCUT2D eigenvalue weighted by molar-refractivity contribution is -0.143. The van der Waals surface area contributed by atoms with Crippen molar-refractivity contribution in [2.45, 2.75) is 114 Å². The third kappa shape index (κ3) is 5.82. The van der Waals surface area contributed by atoms with E-state index >= 15 is 0 Å². The quantitative estimate of drug-likeness (QED) is 0.315. The van der Waals surface area contributed by atoms with E-state index < -0.39 is 0 Å². The number of ketones is 2. The van der Waals surface area contributed by atoms with Gasteiger partial charge in [-0.1, -0.05) is 74.0 Å². The lowest BCUT2D eigenvalue weighted by Crippen LogP contribution is -2.58. The van der Waals surface area contributed by atoms with Crippen LogP contribution in [0.15, 0.2) is 23.3 Å². The van der Waals surface area contributed by atoms with E-state index in [0.717, 1.165) is 25.7 Å². The molecule has 0 aromatic heterocycles. The van der Waals surface area contributed by atoms with Gasteiger partial charge in [0.25, 0.3) is 6.47 Å². The summed E-state index contributed by atoms with van der Waals surface area (Å²) in [6.45, 7) is 20.2. The zero-order valence-corrected chi connectivity index (χ0v) is 26.3. The normalized spacial score (nSPS) is 39.2. The second kappa shape index (κ2) is 12.5. The molecule has 39 heavy (non-hydrogen) atoms. The minimum atomic E-state index is -0.348. The minimum absolute atomic E-state index is 0.00972. The minimum Gasteiger partial charge on any atom is -0.471 e. The molecule has 7 atom stereocenters. The average molecular weight is 540 g/mol. The van der Waals surface area contributed by atoms with Crippen LogP contribution in [-0.2, 0) is 19.1 Å². The fourth-order valence-corrected chi connectivity index (χ4v) is 8.69. The number of allylic oxidation sites excluding steroid dienone is 4. The Morgan fingerprint density at radius 2 is 1.56 bits per heavy atom. The topological polar surface area (TPSA) is 84.2 Å². The van der Waals surface area contributed by atoms with Crippen molar-refractivity contribution in [2.75, 3.05) is 7.11 Å². The second-order valence-electron chi connectivity index (χ2n) is 13.3. The maximum atomic E-state index is 13.8. The molecule has 5 rings (SSSR count). The molecule has 0 bridgehead atoms. The van der Waals surface area contributed by atoms with Crippen molar-refractivity contribution in [3.8, 4) is 6.07 Å². The molecule has 5 heteroatoms. The first kappa shape index (κ1) is 33.0. The molecule has 0 aliphatic heterocycles. The van der Waals surface area contributed by atoms with E-state index in [1.54, 1.807) is 0 Å². The molecular formula is C34H53NO4.